The van der Waals surface area contributed by atoms with Crippen LogP contribution in [0.4, 0.5) is 5.82 Å². The van der Waals surface area contributed by atoms with Gasteiger partial charge in [0.25, 0.3) is 5.56 Å². The van der Waals surface area contributed by atoms with E-state index in [0.717, 1.165) is 30.5 Å². The van der Waals surface area contributed by atoms with Crippen molar-refractivity contribution in [2.24, 2.45) is 5.84 Å². The van der Waals surface area contributed by atoms with Crippen molar-refractivity contribution < 1.29 is 28.5 Å². The first-order valence-electron chi connectivity index (χ1n) is 20.7. The van der Waals surface area contributed by atoms with Crippen molar-refractivity contribution in [2.75, 3.05) is 60.0 Å². The van der Waals surface area contributed by atoms with Gasteiger partial charge in [-0.05, 0) is 150 Å². The number of aromatic nitrogens is 7. The number of nitrogens with one attached hydrogen (secondary N) is 2. The summed E-state index contributed by atoms with van der Waals surface area (Å²) in [6, 6.07) is 21.8. The first kappa shape index (κ1) is 57.4. The molecule has 4 N–H and O–H groups in total. The van der Waals surface area contributed by atoms with E-state index < -0.39 is 0 Å². The van der Waals surface area contributed by atoms with Crippen molar-refractivity contribution in [3.8, 4) is 16.9 Å². The molecule has 6 heterocycles. The Bertz CT molecular complexity index is 2370. The maximum Gasteiger partial charge on any atom is 0.340 e. The van der Waals surface area contributed by atoms with Crippen LogP contribution >= 0.6 is 47.8 Å². The minimum absolute atomic E-state index is 0.150. The average molecular weight is 1120 g/mol. The topological polar surface area (TPSA) is 218 Å². The predicted molar refractivity (Wildman–Crippen MR) is 270 cm³/mol. The molecular formula is C46H58Br3N11O7. The van der Waals surface area contributed by atoms with E-state index in [4.69, 9.17) is 24.8 Å². The molecule has 0 aromatic carbocycles. The smallest absolute Gasteiger partial charge is 0.340 e. The molecule has 6 aromatic rings. The van der Waals surface area contributed by atoms with Crippen molar-refractivity contribution in [2.45, 2.75) is 40.5 Å². The highest BCUT2D eigenvalue weighted by Gasteiger charge is 2.14. The van der Waals surface area contributed by atoms with Gasteiger partial charge >= 0.3 is 11.9 Å². The molecule has 0 aliphatic heterocycles. The fraction of sp³-hybridized carbons (Fsp3) is 0.304. The van der Waals surface area contributed by atoms with Crippen LogP contribution in [0.5, 0.6) is 0 Å². The molecule has 0 radical (unpaired) electrons. The SMILES string of the molecule is CCOC(=O)C(=CN(C)C)c1ccc(Br)nc1.CCOC(=O)Cc1ccc(Br)nc1.CCOC(OCC)N(C)C.NNc1ccccn1.O=c1c(-c2ccc(Br)nc2)c[nH]n1-c1ccccn1. The molecule has 67 heavy (non-hydrogen) atoms. The van der Waals surface area contributed by atoms with Gasteiger partial charge in [0.15, 0.2) is 5.82 Å². The molecule has 0 fully saturated rings. The highest BCUT2D eigenvalue weighted by Crippen LogP contribution is 2.18. The van der Waals surface area contributed by atoms with Gasteiger partial charge in [0.05, 0.1) is 30.8 Å². The first-order chi connectivity index (χ1) is 32.2. The average Bonchev–Trinajstić information content (AvgIpc) is 3.71. The molecule has 6 aromatic heterocycles. The van der Waals surface area contributed by atoms with Gasteiger partial charge in [-0.25, -0.2) is 40.2 Å². The van der Waals surface area contributed by atoms with Gasteiger partial charge in [-0.1, -0.05) is 18.2 Å². The van der Waals surface area contributed by atoms with Gasteiger partial charge in [0, 0.05) is 81.8 Å². The molecule has 0 unspecified atom stereocenters. The summed E-state index contributed by atoms with van der Waals surface area (Å²) >= 11 is 9.74. The molecule has 21 heteroatoms. The van der Waals surface area contributed by atoms with E-state index in [1.165, 1.54) is 4.68 Å². The highest BCUT2D eigenvalue weighted by molar-refractivity contribution is 9.11. The molecule has 0 amide bonds. The van der Waals surface area contributed by atoms with Crippen LogP contribution in [0.3, 0.4) is 0 Å². The van der Waals surface area contributed by atoms with Gasteiger partial charge in [-0.2, -0.15) is 0 Å². The van der Waals surface area contributed by atoms with Crippen LogP contribution in [0.2, 0.25) is 0 Å². The number of ether oxygens (including phenoxy) is 4. The van der Waals surface area contributed by atoms with E-state index in [1.54, 1.807) is 98.5 Å². The molecule has 18 nitrogen and oxygen atoms in total. The highest BCUT2D eigenvalue weighted by atomic mass is 79.9. The van der Waals surface area contributed by atoms with Gasteiger partial charge in [-0.3, -0.25) is 19.6 Å². The van der Waals surface area contributed by atoms with E-state index in [1.807, 2.05) is 83.3 Å². The normalized spacial score (nSPS) is 10.4. The number of nitrogens with zero attached hydrogens (tertiary/aromatic N) is 8. The molecule has 360 valence electrons. The second-order valence-electron chi connectivity index (χ2n) is 13.5. The van der Waals surface area contributed by atoms with E-state index in [9.17, 15) is 14.4 Å². The van der Waals surface area contributed by atoms with Gasteiger partial charge < -0.3 is 29.3 Å². The maximum absolute atomic E-state index is 12.3. The van der Waals surface area contributed by atoms with Crippen LogP contribution in [0, 0.1) is 0 Å². The zero-order chi connectivity index (χ0) is 49.6. The van der Waals surface area contributed by atoms with E-state index >= 15 is 0 Å². The lowest BCUT2D eigenvalue weighted by atomic mass is 10.1. The monoisotopic (exact) mass is 1110 g/mol. The molecule has 0 atom stereocenters. The van der Waals surface area contributed by atoms with Crippen LogP contribution < -0.4 is 16.8 Å². The molecular weight excluding hydrogens is 1060 g/mol. The number of hydrazine groups is 1. The zero-order valence-corrected chi connectivity index (χ0v) is 43.5. The Balaban J connectivity index is 0.000000297. The fourth-order valence-corrected chi connectivity index (χ4v) is 5.69. The Morgan fingerprint density at radius 1 is 0.746 bits per heavy atom. The summed E-state index contributed by atoms with van der Waals surface area (Å²) in [5.41, 5.74) is 5.69. The summed E-state index contributed by atoms with van der Waals surface area (Å²) < 4.78 is 23.9. The minimum atomic E-state index is -0.342. The third-order valence-electron chi connectivity index (χ3n) is 7.90. The lowest BCUT2D eigenvalue weighted by molar-refractivity contribution is -0.206. The van der Waals surface area contributed by atoms with E-state index in [2.05, 4.69) is 83.2 Å². The van der Waals surface area contributed by atoms with E-state index in [0.29, 0.717) is 49.2 Å². The summed E-state index contributed by atoms with van der Waals surface area (Å²) in [5.74, 6) is 5.73. The first-order valence-corrected chi connectivity index (χ1v) is 23.1. The summed E-state index contributed by atoms with van der Waals surface area (Å²) in [6.45, 7) is 9.62. The number of aromatic amines is 1. The van der Waals surface area contributed by atoms with E-state index in [-0.39, 0.29) is 30.3 Å². The summed E-state index contributed by atoms with van der Waals surface area (Å²) in [5, 5.41) is 2.91. The molecule has 0 spiro atoms. The number of carbonyl (C=O) groups excluding carboxylic acids is 2. The Labute approximate surface area is 416 Å². The fourth-order valence-electron chi connectivity index (χ4n) is 4.98. The molecule has 0 saturated heterocycles. The number of pyridine rings is 5. The number of H-pyrrole nitrogens is 1. The summed E-state index contributed by atoms with van der Waals surface area (Å²) in [6.07, 6.45) is 11.7. The third kappa shape index (κ3) is 22.6. The minimum Gasteiger partial charge on any atom is -0.466 e. The summed E-state index contributed by atoms with van der Waals surface area (Å²) in [7, 11) is 7.56. The van der Waals surface area contributed by atoms with Crippen molar-refractivity contribution in [3.63, 3.8) is 0 Å². The van der Waals surface area contributed by atoms with Gasteiger partial charge in [-0.15, -0.1) is 0 Å². The molecule has 0 saturated carbocycles. The Kier molecular flexibility index (Phi) is 28.2. The Hall–Kier alpha value is -5.68. The lowest BCUT2D eigenvalue weighted by Crippen LogP contribution is -2.33. The number of esters is 2. The van der Waals surface area contributed by atoms with Crippen LogP contribution in [-0.4, -0.2) is 117 Å². The van der Waals surface area contributed by atoms with Crippen LogP contribution in [0.1, 0.15) is 38.8 Å². The number of anilines is 1. The molecule has 0 bridgehead atoms. The van der Waals surface area contributed by atoms with Crippen molar-refractivity contribution in [3.05, 3.63) is 151 Å². The summed E-state index contributed by atoms with van der Waals surface area (Å²) in [4.78, 5) is 59.1. The number of carbonyl (C=O) groups is 2. The standard InChI is InChI=1S/C13H9BrN4O.C12H15BrN2O2.C9H10BrNO2.C7H17NO2.C5H7N3/c14-11-5-4-9(7-16-11)10-8-17-18(13(10)19)12-3-1-2-6-15-12;1-4-17-12(16)10(8-15(2)3)9-5-6-11(13)14-7-9;1-2-13-9(12)5-7-3-4-8(10)11-6-7;1-5-9-7(8(3)4)10-6-2;6-8-5-3-1-2-4-7-5/h1-8,17H;5-8H,4H2,1-3H3;3-4,6H,2,5H2,1H3;7H,5-6H2,1-4H3;1-4H,6H2,(H,7,8). The maximum atomic E-state index is 12.3. The van der Waals surface area contributed by atoms with Crippen molar-refractivity contribution >= 4 is 71.1 Å². The van der Waals surface area contributed by atoms with Crippen LogP contribution in [0.15, 0.2) is 135 Å². The second-order valence-corrected chi connectivity index (χ2v) is 15.9. The number of rotatable bonds is 15. The second kappa shape index (κ2) is 32.9. The molecule has 0 aliphatic carbocycles. The number of nitrogen functional groups attached to an aromatic ring is 1. The zero-order valence-electron chi connectivity index (χ0n) is 38.7. The number of halogens is 3. The van der Waals surface area contributed by atoms with Gasteiger partial charge in [0.2, 0.25) is 6.41 Å². The Morgan fingerprint density at radius 3 is 1.79 bits per heavy atom. The van der Waals surface area contributed by atoms with Crippen LogP contribution in [-0.2, 0) is 35.0 Å². The number of hydrogen-bond donors (Lipinski definition) is 3. The van der Waals surface area contributed by atoms with Crippen LogP contribution in [0.25, 0.3) is 22.5 Å². The van der Waals surface area contributed by atoms with Gasteiger partial charge in [0.1, 0.15) is 19.6 Å². The third-order valence-corrected chi connectivity index (χ3v) is 9.31. The number of nitrogens with two attached hydrogens (primary N) is 1. The Morgan fingerprint density at radius 2 is 1.34 bits per heavy atom. The molecule has 0 aliphatic rings. The quantitative estimate of drug-likeness (QED) is 0.0222. The predicted octanol–water partition coefficient (Wildman–Crippen LogP) is 7.92. The molecule has 6 rings (SSSR count). The van der Waals surface area contributed by atoms with Crippen molar-refractivity contribution in [1.29, 1.82) is 0 Å². The van der Waals surface area contributed by atoms with Crippen molar-refractivity contribution in [1.82, 2.24) is 44.5 Å². The largest absolute Gasteiger partial charge is 0.466 e. The lowest BCUT2D eigenvalue weighted by Gasteiger charge is -2.22. The number of hydrogen-bond acceptors (Lipinski definition) is 16.